The van der Waals surface area contributed by atoms with Gasteiger partial charge in [-0.3, -0.25) is 0 Å². The number of carbonyl (C=O) groups excluding carboxylic acids is 1. The zero-order valence-corrected chi connectivity index (χ0v) is 13.1. The van der Waals surface area contributed by atoms with E-state index < -0.39 is 12.1 Å². The van der Waals surface area contributed by atoms with Gasteiger partial charge < -0.3 is 15.2 Å². The fourth-order valence-electron chi connectivity index (χ4n) is 2.04. The van der Waals surface area contributed by atoms with E-state index in [9.17, 15) is 9.90 Å². The van der Waals surface area contributed by atoms with Crippen molar-refractivity contribution in [1.82, 2.24) is 0 Å². The van der Waals surface area contributed by atoms with Crippen molar-refractivity contribution in [2.24, 2.45) is 0 Å². The molecule has 0 aliphatic carbocycles. The van der Waals surface area contributed by atoms with Crippen molar-refractivity contribution >= 4 is 11.7 Å². The van der Waals surface area contributed by atoms with Gasteiger partial charge in [0.1, 0.15) is 12.7 Å². The average Bonchev–Trinajstić information content (AvgIpc) is 2.49. The van der Waals surface area contributed by atoms with E-state index >= 15 is 0 Å². The molecule has 0 bridgehead atoms. The highest BCUT2D eigenvalue weighted by Gasteiger charge is 2.11. The quantitative estimate of drug-likeness (QED) is 0.571. The van der Waals surface area contributed by atoms with E-state index in [2.05, 4.69) is 37.9 Å². The van der Waals surface area contributed by atoms with Crippen LogP contribution in [0.2, 0.25) is 0 Å². The SMILES string of the molecule is C=C(C)C(=O)OCC(O)CNc1c(CC)cccc1CC. The Hall–Kier alpha value is -1.81. The molecule has 4 nitrogen and oxygen atoms in total. The number of aryl methyl sites for hydroxylation is 2. The number of nitrogens with one attached hydrogen (secondary N) is 1. The van der Waals surface area contributed by atoms with Gasteiger partial charge in [0, 0.05) is 17.8 Å². The third kappa shape index (κ3) is 5.23. The predicted molar refractivity (Wildman–Crippen MR) is 85.5 cm³/mol. The van der Waals surface area contributed by atoms with Gasteiger partial charge in [0.15, 0.2) is 0 Å². The van der Waals surface area contributed by atoms with Crippen molar-refractivity contribution in [3.05, 3.63) is 41.5 Å². The second-order valence-electron chi connectivity index (χ2n) is 5.07. The lowest BCUT2D eigenvalue weighted by molar-refractivity contribution is -0.141. The number of anilines is 1. The summed E-state index contributed by atoms with van der Waals surface area (Å²) in [7, 11) is 0. The molecule has 4 heteroatoms. The largest absolute Gasteiger partial charge is 0.460 e. The predicted octanol–water partition coefficient (Wildman–Crippen LogP) is 2.70. The van der Waals surface area contributed by atoms with Crippen LogP contribution < -0.4 is 5.32 Å². The van der Waals surface area contributed by atoms with Crippen LogP contribution in [0.5, 0.6) is 0 Å². The van der Waals surface area contributed by atoms with Crippen molar-refractivity contribution in [3.63, 3.8) is 0 Å². The maximum absolute atomic E-state index is 11.3. The highest BCUT2D eigenvalue weighted by Crippen LogP contribution is 2.22. The number of esters is 1. The molecule has 0 spiro atoms. The van der Waals surface area contributed by atoms with Crippen LogP contribution in [0.15, 0.2) is 30.4 Å². The van der Waals surface area contributed by atoms with Crippen molar-refractivity contribution in [2.75, 3.05) is 18.5 Å². The monoisotopic (exact) mass is 291 g/mol. The molecule has 1 aromatic carbocycles. The van der Waals surface area contributed by atoms with Crippen LogP contribution in [-0.4, -0.2) is 30.3 Å². The zero-order chi connectivity index (χ0) is 15.8. The van der Waals surface area contributed by atoms with E-state index in [-0.39, 0.29) is 6.61 Å². The molecule has 21 heavy (non-hydrogen) atoms. The standard InChI is InChI=1S/C17H25NO3/c1-5-13-8-7-9-14(6-2)16(13)18-10-15(19)11-21-17(20)12(3)4/h7-9,15,18-19H,3,5-6,10-11H2,1-2,4H3. The number of aliphatic hydroxyl groups excluding tert-OH is 1. The van der Waals surface area contributed by atoms with E-state index in [1.165, 1.54) is 11.1 Å². The highest BCUT2D eigenvalue weighted by atomic mass is 16.5. The summed E-state index contributed by atoms with van der Waals surface area (Å²) in [5.74, 6) is -0.475. The molecule has 0 fully saturated rings. The summed E-state index contributed by atoms with van der Waals surface area (Å²) >= 11 is 0. The van der Waals surface area contributed by atoms with Crippen molar-refractivity contribution < 1.29 is 14.6 Å². The Morgan fingerprint density at radius 3 is 2.38 bits per heavy atom. The van der Waals surface area contributed by atoms with Crippen LogP contribution in [0.4, 0.5) is 5.69 Å². The first-order chi connectivity index (χ1) is 9.99. The minimum absolute atomic E-state index is 0.0333. The van der Waals surface area contributed by atoms with E-state index in [1.54, 1.807) is 6.92 Å². The maximum atomic E-state index is 11.3. The molecule has 116 valence electrons. The second-order valence-corrected chi connectivity index (χ2v) is 5.07. The normalized spacial score (nSPS) is 11.8. The summed E-state index contributed by atoms with van der Waals surface area (Å²) in [5, 5.41) is 13.2. The summed E-state index contributed by atoms with van der Waals surface area (Å²) in [5.41, 5.74) is 3.86. The molecule has 0 saturated heterocycles. The lowest BCUT2D eigenvalue weighted by Gasteiger charge is -2.18. The molecule has 1 aromatic rings. The first-order valence-electron chi connectivity index (χ1n) is 7.34. The van der Waals surface area contributed by atoms with Crippen LogP contribution in [0.1, 0.15) is 31.9 Å². The van der Waals surface area contributed by atoms with Gasteiger partial charge in [0.25, 0.3) is 0 Å². The minimum Gasteiger partial charge on any atom is -0.460 e. The molecule has 2 N–H and O–H groups in total. The van der Waals surface area contributed by atoms with Crippen LogP contribution in [-0.2, 0) is 22.4 Å². The number of hydrogen-bond acceptors (Lipinski definition) is 4. The maximum Gasteiger partial charge on any atom is 0.333 e. The van der Waals surface area contributed by atoms with E-state index in [1.807, 2.05) is 6.07 Å². The molecule has 0 radical (unpaired) electrons. The Morgan fingerprint density at radius 2 is 1.90 bits per heavy atom. The number of rotatable bonds is 8. The molecule has 0 heterocycles. The third-order valence-electron chi connectivity index (χ3n) is 3.27. The van der Waals surface area contributed by atoms with Gasteiger partial charge in [-0.15, -0.1) is 0 Å². The Balaban J connectivity index is 2.58. The number of carbonyl (C=O) groups is 1. The van der Waals surface area contributed by atoms with E-state index in [4.69, 9.17) is 4.74 Å². The van der Waals surface area contributed by atoms with E-state index in [0.717, 1.165) is 18.5 Å². The molecule has 1 unspecified atom stereocenters. The van der Waals surface area contributed by atoms with Gasteiger partial charge in [-0.2, -0.15) is 0 Å². The Kier molecular flexibility index (Phi) is 6.96. The number of ether oxygens (including phenoxy) is 1. The molecule has 0 saturated carbocycles. The Morgan fingerprint density at radius 1 is 1.33 bits per heavy atom. The third-order valence-corrected chi connectivity index (χ3v) is 3.27. The van der Waals surface area contributed by atoms with Gasteiger partial charge >= 0.3 is 5.97 Å². The lowest BCUT2D eigenvalue weighted by Crippen LogP contribution is -2.27. The van der Waals surface area contributed by atoms with Gasteiger partial charge in [-0.05, 0) is 30.9 Å². The topological polar surface area (TPSA) is 58.6 Å². The average molecular weight is 291 g/mol. The fraction of sp³-hybridized carbons (Fsp3) is 0.471. The Labute approximate surface area is 126 Å². The number of para-hydroxylation sites is 1. The van der Waals surface area contributed by atoms with E-state index in [0.29, 0.717) is 12.1 Å². The molecule has 0 aliphatic rings. The first-order valence-corrected chi connectivity index (χ1v) is 7.34. The summed E-state index contributed by atoms with van der Waals surface area (Å²) < 4.78 is 4.94. The van der Waals surface area contributed by atoms with Crippen molar-refractivity contribution in [3.8, 4) is 0 Å². The smallest absolute Gasteiger partial charge is 0.333 e. The molecule has 1 atom stereocenters. The number of aliphatic hydroxyl groups is 1. The highest BCUT2D eigenvalue weighted by molar-refractivity contribution is 5.86. The summed E-state index contributed by atoms with van der Waals surface area (Å²) in [6, 6.07) is 6.21. The van der Waals surface area contributed by atoms with Gasteiger partial charge in [-0.1, -0.05) is 38.6 Å². The second kappa shape index (κ2) is 8.47. The molecular formula is C17H25NO3. The molecule has 0 aliphatic heterocycles. The molecule has 0 aromatic heterocycles. The minimum atomic E-state index is -0.747. The first kappa shape index (κ1) is 17.2. The van der Waals surface area contributed by atoms with Crippen molar-refractivity contribution in [2.45, 2.75) is 39.7 Å². The van der Waals surface area contributed by atoms with Crippen LogP contribution in [0, 0.1) is 0 Å². The Bertz CT molecular complexity index is 475. The number of hydrogen-bond donors (Lipinski definition) is 2. The summed E-state index contributed by atoms with van der Waals surface area (Å²) in [6.07, 6.45) is 1.11. The van der Waals surface area contributed by atoms with Crippen LogP contribution in [0.25, 0.3) is 0 Å². The van der Waals surface area contributed by atoms with Crippen LogP contribution in [0.3, 0.4) is 0 Å². The van der Waals surface area contributed by atoms with Gasteiger partial charge in [-0.25, -0.2) is 4.79 Å². The summed E-state index contributed by atoms with van der Waals surface area (Å²) in [6.45, 7) is 9.59. The van der Waals surface area contributed by atoms with Crippen LogP contribution >= 0.6 is 0 Å². The summed E-state index contributed by atoms with van der Waals surface area (Å²) in [4.78, 5) is 11.3. The molecular weight excluding hydrogens is 266 g/mol. The van der Waals surface area contributed by atoms with Gasteiger partial charge in [0.05, 0.1) is 0 Å². The number of benzene rings is 1. The van der Waals surface area contributed by atoms with Crippen molar-refractivity contribution in [1.29, 1.82) is 0 Å². The lowest BCUT2D eigenvalue weighted by atomic mass is 10.0. The molecule has 0 amide bonds. The zero-order valence-electron chi connectivity index (χ0n) is 13.1. The van der Waals surface area contributed by atoms with Gasteiger partial charge in [0.2, 0.25) is 0 Å². The molecule has 1 rings (SSSR count). The fourth-order valence-corrected chi connectivity index (χ4v) is 2.04.